The van der Waals surface area contributed by atoms with E-state index in [1.165, 1.54) is 98.4 Å². The minimum Gasteiger partial charge on any atom is -0.494 e. The smallest absolute Gasteiger partial charge is 0.119 e. The Morgan fingerprint density at radius 1 is 0.513 bits per heavy atom. The Labute approximate surface area is 239 Å². The van der Waals surface area contributed by atoms with E-state index < -0.39 is 0 Å². The van der Waals surface area contributed by atoms with Crippen LogP contribution in [0, 0.1) is 0 Å². The number of unbranched alkanes of at least 4 members (excludes halogenated alkanes) is 11. The van der Waals surface area contributed by atoms with Crippen molar-refractivity contribution in [3.05, 3.63) is 78.4 Å². The summed E-state index contributed by atoms with van der Waals surface area (Å²) in [5, 5.41) is 0. The molecule has 0 bridgehead atoms. The van der Waals surface area contributed by atoms with Crippen LogP contribution in [-0.2, 0) is 4.74 Å². The lowest BCUT2D eigenvalue weighted by molar-refractivity contribution is 0.0630. The van der Waals surface area contributed by atoms with E-state index in [-0.39, 0.29) is 6.10 Å². The predicted octanol–water partition coefficient (Wildman–Crippen LogP) is 11.6. The maximum atomic E-state index is 6.05. The molecule has 1 atom stereocenters. The molecule has 212 valence electrons. The van der Waals surface area contributed by atoms with Crippen molar-refractivity contribution in [1.82, 2.24) is 0 Å². The molecule has 0 fully saturated rings. The Morgan fingerprint density at radius 2 is 0.974 bits per heavy atom. The van der Waals surface area contributed by atoms with Crippen LogP contribution in [0.3, 0.4) is 0 Å². The Hall–Kier alpha value is -2.58. The summed E-state index contributed by atoms with van der Waals surface area (Å²) in [4.78, 5) is 0. The van der Waals surface area contributed by atoms with Gasteiger partial charge >= 0.3 is 0 Å². The van der Waals surface area contributed by atoms with Crippen LogP contribution in [0.1, 0.15) is 116 Å². The first-order valence-corrected chi connectivity index (χ1v) is 15.8. The molecule has 3 rings (SSSR count). The van der Waals surface area contributed by atoms with Crippen LogP contribution in [0.25, 0.3) is 22.3 Å². The van der Waals surface area contributed by atoms with Gasteiger partial charge in [0, 0.05) is 6.61 Å². The zero-order chi connectivity index (χ0) is 27.5. The molecule has 0 aliphatic heterocycles. The van der Waals surface area contributed by atoms with Gasteiger partial charge in [0.1, 0.15) is 5.75 Å². The Balaban J connectivity index is 1.46. The van der Waals surface area contributed by atoms with Gasteiger partial charge in [0.25, 0.3) is 0 Å². The highest BCUT2D eigenvalue weighted by Crippen LogP contribution is 2.33. The number of benzene rings is 3. The van der Waals surface area contributed by atoms with Crippen molar-refractivity contribution in [2.75, 3.05) is 13.2 Å². The van der Waals surface area contributed by atoms with Crippen molar-refractivity contribution in [2.45, 2.75) is 110 Å². The summed E-state index contributed by atoms with van der Waals surface area (Å²) in [6.45, 7) is 8.29. The number of hydrogen-bond acceptors (Lipinski definition) is 2. The fourth-order valence-corrected chi connectivity index (χ4v) is 5.14. The van der Waals surface area contributed by atoms with Gasteiger partial charge in [-0.25, -0.2) is 0 Å². The molecule has 0 aromatic heterocycles. The fraction of sp³-hybridized carbons (Fsp3) is 0.514. The van der Waals surface area contributed by atoms with Crippen LogP contribution in [-0.4, -0.2) is 13.2 Å². The third-order valence-corrected chi connectivity index (χ3v) is 7.67. The second kappa shape index (κ2) is 18.7. The molecular weight excluding hydrogens is 476 g/mol. The third kappa shape index (κ3) is 11.2. The van der Waals surface area contributed by atoms with E-state index >= 15 is 0 Å². The van der Waals surface area contributed by atoms with Gasteiger partial charge in [-0.1, -0.05) is 145 Å². The van der Waals surface area contributed by atoms with Gasteiger partial charge in [-0.15, -0.1) is 0 Å². The molecule has 0 saturated carbocycles. The summed E-state index contributed by atoms with van der Waals surface area (Å²) in [6.07, 6.45) is 17.2. The molecule has 0 radical (unpaired) electrons. The standard InChI is InChI=1S/C37H52O2/c1-4-6-8-9-10-11-12-13-14-18-30-39-35-27-25-34(26-28-35)37-20-16-15-19-36(37)33-23-21-32(22-24-33)31(3)38-29-17-7-5-2/h15-16,19-28,31H,4-14,17-18,29-30H2,1-3H3. The van der Waals surface area contributed by atoms with Crippen LogP contribution >= 0.6 is 0 Å². The molecule has 39 heavy (non-hydrogen) atoms. The van der Waals surface area contributed by atoms with E-state index in [2.05, 4.69) is 93.6 Å². The maximum Gasteiger partial charge on any atom is 0.119 e. The Morgan fingerprint density at radius 3 is 1.54 bits per heavy atom. The van der Waals surface area contributed by atoms with Crippen molar-refractivity contribution >= 4 is 0 Å². The molecule has 3 aromatic carbocycles. The molecule has 0 aliphatic carbocycles. The largest absolute Gasteiger partial charge is 0.494 e. The molecule has 0 amide bonds. The van der Waals surface area contributed by atoms with E-state index in [1.807, 2.05) is 0 Å². The molecule has 1 unspecified atom stereocenters. The second-order valence-electron chi connectivity index (χ2n) is 10.9. The van der Waals surface area contributed by atoms with Gasteiger partial charge in [0.05, 0.1) is 12.7 Å². The molecule has 2 nitrogen and oxygen atoms in total. The van der Waals surface area contributed by atoms with Crippen molar-refractivity contribution in [3.63, 3.8) is 0 Å². The van der Waals surface area contributed by atoms with Crippen LogP contribution in [0.5, 0.6) is 5.75 Å². The van der Waals surface area contributed by atoms with E-state index in [1.54, 1.807) is 0 Å². The highest BCUT2D eigenvalue weighted by Gasteiger charge is 2.10. The van der Waals surface area contributed by atoms with Gasteiger partial charge in [-0.05, 0) is 59.7 Å². The normalized spacial score (nSPS) is 12.0. The van der Waals surface area contributed by atoms with E-state index in [0.29, 0.717) is 0 Å². The SMILES string of the molecule is CCCCCCCCCCCCOc1ccc(-c2ccccc2-c2ccc(C(C)OCCCCC)cc2)cc1. The van der Waals surface area contributed by atoms with E-state index in [4.69, 9.17) is 9.47 Å². The predicted molar refractivity (Wildman–Crippen MR) is 169 cm³/mol. The van der Waals surface area contributed by atoms with Crippen LogP contribution in [0.2, 0.25) is 0 Å². The zero-order valence-electron chi connectivity index (χ0n) is 24.9. The summed E-state index contributed by atoms with van der Waals surface area (Å²) in [5.41, 5.74) is 6.18. The highest BCUT2D eigenvalue weighted by atomic mass is 16.5. The van der Waals surface area contributed by atoms with Crippen LogP contribution < -0.4 is 4.74 Å². The quantitative estimate of drug-likeness (QED) is 0.136. The summed E-state index contributed by atoms with van der Waals surface area (Å²) in [7, 11) is 0. The van der Waals surface area contributed by atoms with Crippen LogP contribution in [0.15, 0.2) is 72.8 Å². The summed E-state index contributed by atoms with van der Waals surface area (Å²) in [5.74, 6) is 0.962. The molecule has 0 aliphatic rings. The minimum atomic E-state index is 0.124. The minimum absolute atomic E-state index is 0.124. The van der Waals surface area contributed by atoms with Crippen molar-refractivity contribution in [2.24, 2.45) is 0 Å². The first-order chi connectivity index (χ1) is 19.2. The van der Waals surface area contributed by atoms with Gasteiger partial charge in [-0.2, -0.15) is 0 Å². The maximum absolute atomic E-state index is 6.05. The summed E-state index contributed by atoms with van der Waals surface area (Å²) < 4.78 is 12.1. The van der Waals surface area contributed by atoms with Crippen LogP contribution in [0.4, 0.5) is 0 Å². The van der Waals surface area contributed by atoms with Crippen molar-refractivity contribution in [1.29, 1.82) is 0 Å². The lowest BCUT2D eigenvalue weighted by atomic mass is 9.94. The van der Waals surface area contributed by atoms with Crippen molar-refractivity contribution in [3.8, 4) is 28.0 Å². The molecule has 2 heteroatoms. The fourth-order valence-electron chi connectivity index (χ4n) is 5.14. The molecule has 0 saturated heterocycles. The van der Waals surface area contributed by atoms with E-state index in [9.17, 15) is 0 Å². The first-order valence-electron chi connectivity index (χ1n) is 15.8. The molecule has 0 heterocycles. The number of ether oxygens (including phenoxy) is 2. The number of rotatable bonds is 20. The Kier molecular flexibility index (Phi) is 14.8. The molecule has 3 aromatic rings. The highest BCUT2D eigenvalue weighted by molar-refractivity contribution is 5.83. The topological polar surface area (TPSA) is 18.5 Å². The molecular formula is C37H52O2. The summed E-state index contributed by atoms with van der Waals surface area (Å²) in [6, 6.07) is 26.1. The number of hydrogen-bond donors (Lipinski definition) is 0. The van der Waals surface area contributed by atoms with Crippen molar-refractivity contribution < 1.29 is 9.47 Å². The lowest BCUT2D eigenvalue weighted by Gasteiger charge is -2.15. The van der Waals surface area contributed by atoms with Gasteiger partial charge < -0.3 is 9.47 Å². The van der Waals surface area contributed by atoms with Gasteiger partial charge in [0.2, 0.25) is 0 Å². The van der Waals surface area contributed by atoms with E-state index in [0.717, 1.165) is 31.8 Å². The monoisotopic (exact) mass is 528 g/mol. The van der Waals surface area contributed by atoms with Gasteiger partial charge in [-0.3, -0.25) is 0 Å². The lowest BCUT2D eigenvalue weighted by Crippen LogP contribution is -2.01. The molecule has 0 spiro atoms. The molecule has 0 N–H and O–H groups in total. The average Bonchev–Trinajstić information content (AvgIpc) is 2.98. The Bertz CT molecular complexity index is 1020. The first kappa shape index (κ1) is 31.0. The second-order valence-corrected chi connectivity index (χ2v) is 10.9. The third-order valence-electron chi connectivity index (χ3n) is 7.67. The van der Waals surface area contributed by atoms with Gasteiger partial charge in [0.15, 0.2) is 0 Å². The average molecular weight is 529 g/mol. The summed E-state index contributed by atoms with van der Waals surface area (Å²) >= 11 is 0. The zero-order valence-corrected chi connectivity index (χ0v) is 24.9.